The minimum atomic E-state index is -0.119. The summed E-state index contributed by atoms with van der Waals surface area (Å²) in [6.45, 7) is 0.960. The number of H-pyrrole nitrogens is 1. The van der Waals surface area contributed by atoms with Crippen LogP contribution in [-0.4, -0.2) is 11.5 Å². The molecule has 0 amide bonds. The molecule has 0 spiro atoms. The van der Waals surface area contributed by atoms with Crippen molar-refractivity contribution in [3.8, 4) is 11.1 Å². The standard InChI is InChI=1S/C15H16BrN3O/c16-13-10(11-2-1-7-18-15(11)20)5-6-12(14(13)17)19-8-9-3-4-9/h1-2,5-7,9,19H,3-4,8,17H2,(H,18,20). The van der Waals surface area contributed by atoms with Crippen LogP contribution in [0.5, 0.6) is 0 Å². The second kappa shape index (κ2) is 5.32. The summed E-state index contributed by atoms with van der Waals surface area (Å²) in [6.07, 6.45) is 4.21. The van der Waals surface area contributed by atoms with Crippen molar-refractivity contribution < 1.29 is 0 Å². The maximum Gasteiger partial charge on any atom is 0.255 e. The highest BCUT2D eigenvalue weighted by Gasteiger charge is 2.21. The molecule has 1 aromatic carbocycles. The molecule has 0 radical (unpaired) electrons. The molecule has 0 atom stereocenters. The predicted octanol–water partition coefficient (Wildman–Crippen LogP) is 3.21. The minimum Gasteiger partial charge on any atom is -0.396 e. The van der Waals surface area contributed by atoms with E-state index in [1.807, 2.05) is 12.1 Å². The van der Waals surface area contributed by atoms with Crippen molar-refractivity contribution in [3.05, 3.63) is 45.3 Å². The second-order valence-electron chi connectivity index (χ2n) is 5.13. The third-order valence-electron chi connectivity index (χ3n) is 3.57. The molecule has 1 aromatic heterocycles. The maximum absolute atomic E-state index is 11.9. The van der Waals surface area contributed by atoms with Crippen LogP contribution in [0.25, 0.3) is 11.1 Å². The van der Waals surface area contributed by atoms with Crippen molar-refractivity contribution in [2.45, 2.75) is 12.8 Å². The Morgan fingerprint density at radius 1 is 1.30 bits per heavy atom. The van der Waals surface area contributed by atoms with Gasteiger partial charge in [-0.3, -0.25) is 4.79 Å². The minimum absolute atomic E-state index is 0.119. The molecule has 3 rings (SSSR count). The first-order valence-electron chi connectivity index (χ1n) is 6.66. The van der Waals surface area contributed by atoms with Gasteiger partial charge in [-0.25, -0.2) is 0 Å². The summed E-state index contributed by atoms with van der Waals surface area (Å²) in [7, 11) is 0. The number of benzene rings is 1. The fourth-order valence-electron chi connectivity index (χ4n) is 2.17. The largest absolute Gasteiger partial charge is 0.396 e. The predicted molar refractivity (Wildman–Crippen MR) is 85.8 cm³/mol. The maximum atomic E-state index is 11.9. The summed E-state index contributed by atoms with van der Waals surface area (Å²) in [5.74, 6) is 0.782. The molecule has 1 fully saturated rings. The first-order valence-corrected chi connectivity index (χ1v) is 7.46. The Morgan fingerprint density at radius 3 is 2.80 bits per heavy atom. The normalized spacial score (nSPS) is 14.2. The molecule has 4 nitrogen and oxygen atoms in total. The number of pyridine rings is 1. The molecule has 104 valence electrons. The van der Waals surface area contributed by atoms with E-state index in [0.29, 0.717) is 11.3 Å². The Morgan fingerprint density at radius 2 is 2.10 bits per heavy atom. The Bertz CT molecular complexity index is 692. The monoisotopic (exact) mass is 333 g/mol. The van der Waals surface area contributed by atoms with Gasteiger partial charge in [0.05, 0.1) is 15.8 Å². The van der Waals surface area contributed by atoms with Crippen molar-refractivity contribution in [1.29, 1.82) is 0 Å². The van der Waals surface area contributed by atoms with Crippen molar-refractivity contribution >= 4 is 27.3 Å². The fraction of sp³-hybridized carbons (Fsp3) is 0.267. The lowest BCUT2D eigenvalue weighted by atomic mass is 10.1. The van der Waals surface area contributed by atoms with Crippen molar-refractivity contribution in [2.75, 3.05) is 17.6 Å². The number of anilines is 2. The van der Waals surface area contributed by atoms with E-state index < -0.39 is 0 Å². The molecule has 0 saturated heterocycles. The highest BCUT2D eigenvalue weighted by molar-refractivity contribution is 9.10. The van der Waals surface area contributed by atoms with Gasteiger partial charge in [-0.05, 0) is 52.9 Å². The van der Waals surface area contributed by atoms with Gasteiger partial charge >= 0.3 is 0 Å². The van der Waals surface area contributed by atoms with Gasteiger partial charge in [-0.1, -0.05) is 6.07 Å². The molecule has 1 aliphatic rings. The summed E-state index contributed by atoms with van der Waals surface area (Å²) >= 11 is 3.51. The van der Waals surface area contributed by atoms with E-state index in [4.69, 9.17) is 5.73 Å². The van der Waals surface area contributed by atoms with Crippen LogP contribution >= 0.6 is 15.9 Å². The van der Waals surface area contributed by atoms with Gasteiger partial charge in [0, 0.05) is 23.9 Å². The lowest BCUT2D eigenvalue weighted by Crippen LogP contribution is -2.09. The summed E-state index contributed by atoms with van der Waals surface area (Å²) in [4.78, 5) is 14.5. The Kier molecular flexibility index (Phi) is 3.53. The zero-order chi connectivity index (χ0) is 14.1. The number of nitrogens with one attached hydrogen (secondary N) is 2. The van der Waals surface area contributed by atoms with Gasteiger partial charge in [0.2, 0.25) is 0 Å². The average Bonchev–Trinajstić information content (AvgIpc) is 3.26. The molecule has 0 bridgehead atoms. The second-order valence-corrected chi connectivity index (χ2v) is 5.92. The zero-order valence-electron chi connectivity index (χ0n) is 10.9. The van der Waals surface area contributed by atoms with Crippen LogP contribution in [0.4, 0.5) is 11.4 Å². The molecule has 20 heavy (non-hydrogen) atoms. The van der Waals surface area contributed by atoms with Crippen molar-refractivity contribution in [1.82, 2.24) is 4.98 Å². The Balaban J connectivity index is 1.95. The van der Waals surface area contributed by atoms with Crippen molar-refractivity contribution in [3.63, 3.8) is 0 Å². The number of nitrogens with two attached hydrogens (primary N) is 1. The lowest BCUT2D eigenvalue weighted by Gasteiger charge is -2.13. The fourth-order valence-corrected chi connectivity index (χ4v) is 2.72. The molecule has 1 saturated carbocycles. The van der Waals surface area contributed by atoms with E-state index >= 15 is 0 Å². The summed E-state index contributed by atoms with van der Waals surface area (Å²) in [5, 5.41) is 3.37. The zero-order valence-corrected chi connectivity index (χ0v) is 12.5. The van der Waals surface area contributed by atoms with Crippen LogP contribution in [0.2, 0.25) is 0 Å². The SMILES string of the molecule is Nc1c(NCC2CC2)ccc(-c2ccc[nH]c2=O)c1Br. The lowest BCUT2D eigenvalue weighted by molar-refractivity contribution is 0.890. The average molecular weight is 334 g/mol. The number of rotatable bonds is 4. The van der Waals surface area contributed by atoms with Crippen LogP contribution in [0, 0.1) is 5.92 Å². The molecule has 0 unspecified atom stereocenters. The molecule has 5 heteroatoms. The molecule has 1 aliphatic carbocycles. The van der Waals surface area contributed by atoms with Gasteiger partial charge in [-0.15, -0.1) is 0 Å². The topological polar surface area (TPSA) is 70.9 Å². The van der Waals surface area contributed by atoms with Crippen LogP contribution < -0.4 is 16.6 Å². The number of aromatic nitrogens is 1. The van der Waals surface area contributed by atoms with Gasteiger partial charge in [0.15, 0.2) is 0 Å². The number of aromatic amines is 1. The van der Waals surface area contributed by atoms with Crippen molar-refractivity contribution in [2.24, 2.45) is 5.92 Å². The third-order valence-corrected chi connectivity index (χ3v) is 4.42. The highest BCUT2D eigenvalue weighted by atomic mass is 79.9. The number of hydrogen-bond acceptors (Lipinski definition) is 3. The first-order chi connectivity index (χ1) is 9.66. The molecular weight excluding hydrogens is 318 g/mol. The van der Waals surface area contributed by atoms with E-state index in [2.05, 4.69) is 26.2 Å². The van der Waals surface area contributed by atoms with Crippen LogP contribution in [0.1, 0.15) is 12.8 Å². The van der Waals surface area contributed by atoms with E-state index in [1.54, 1.807) is 18.3 Å². The smallest absolute Gasteiger partial charge is 0.255 e. The number of nitrogen functional groups attached to an aromatic ring is 1. The number of halogens is 1. The Hall–Kier alpha value is -1.75. The van der Waals surface area contributed by atoms with Gasteiger partial charge in [0.1, 0.15) is 0 Å². The van der Waals surface area contributed by atoms with Gasteiger partial charge < -0.3 is 16.0 Å². The highest BCUT2D eigenvalue weighted by Crippen LogP contribution is 2.37. The van der Waals surface area contributed by atoms with Gasteiger partial charge in [-0.2, -0.15) is 0 Å². The summed E-state index contributed by atoms with van der Waals surface area (Å²) in [5.41, 5.74) is 9.02. The van der Waals surface area contributed by atoms with E-state index in [0.717, 1.165) is 28.2 Å². The molecular formula is C15H16BrN3O. The quantitative estimate of drug-likeness (QED) is 0.752. The van der Waals surface area contributed by atoms with Crippen LogP contribution in [0.15, 0.2) is 39.7 Å². The van der Waals surface area contributed by atoms with E-state index in [9.17, 15) is 4.79 Å². The number of hydrogen-bond donors (Lipinski definition) is 3. The van der Waals surface area contributed by atoms with Crippen LogP contribution in [-0.2, 0) is 0 Å². The molecule has 2 aromatic rings. The third kappa shape index (κ3) is 2.58. The van der Waals surface area contributed by atoms with Crippen LogP contribution in [0.3, 0.4) is 0 Å². The van der Waals surface area contributed by atoms with Gasteiger partial charge in [0.25, 0.3) is 5.56 Å². The summed E-state index contributed by atoms with van der Waals surface area (Å²) in [6, 6.07) is 7.44. The Labute approximate surface area is 125 Å². The first kappa shape index (κ1) is 13.2. The summed E-state index contributed by atoms with van der Waals surface area (Å²) < 4.78 is 0.759. The molecule has 0 aliphatic heterocycles. The van der Waals surface area contributed by atoms with E-state index in [1.165, 1.54) is 12.8 Å². The molecule has 1 heterocycles. The molecule has 4 N–H and O–H groups in total. The van der Waals surface area contributed by atoms with E-state index in [-0.39, 0.29) is 5.56 Å².